The molecule has 2 aromatic rings. The molecular weight excluding hydrogens is 292 g/mol. The molecule has 1 fully saturated rings. The molecule has 1 saturated heterocycles. The maximum absolute atomic E-state index is 11.6. The maximum Gasteiger partial charge on any atom is 0.153 e. The highest BCUT2D eigenvalue weighted by Crippen LogP contribution is 2.27. The molecule has 2 aromatic heterocycles. The van der Waals surface area contributed by atoms with Gasteiger partial charge in [0.05, 0.1) is 29.3 Å². The van der Waals surface area contributed by atoms with Crippen LogP contribution in [0.25, 0.3) is 11.3 Å². The van der Waals surface area contributed by atoms with Crippen LogP contribution >= 0.6 is 0 Å². The molecule has 21 heavy (non-hydrogen) atoms. The normalized spacial score (nSPS) is 20.7. The molecule has 0 radical (unpaired) electrons. The third kappa shape index (κ3) is 2.63. The van der Waals surface area contributed by atoms with Crippen LogP contribution in [0.5, 0.6) is 0 Å². The highest BCUT2D eigenvalue weighted by molar-refractivity contribution is 7.91. The first-order valence-corrected chi connectivity index (χ1v) is 8.62. The summed E-state index contributed by atoms with van der Waals surface area (Å²) in [7, 11) is -2.98. The first kappa shape index (κ1) is 14.0. The summed E-state index contributed by atoms with van der Waals surface area (Å²) in [5.41, 5.74) is 1.77. The molecule has 1 unspecified atom stereocenters. The van der Waals surface area contributed by atoms with Crippen LogP contribution in [0.3, 0.4) is 0 Å². The van der Waals surface area contributed by atoms with Crippen LogP contribution in [0, 0.1) is 0 Å². The summed E-state index contributed by atoms with van der Waals surface area (Å²) < 4.78 is 26.5. The zero-order valence-electron chi connectivity index (χ0n) is 11.6. The minimum atomic E-state index is -2.98. The lowest BCUT2D eigenvalue weighted by Crippen LogP contribution is -2.11. The van der Waals surface area contributed by atoms with Crippen LogP contribution in [0.1, 0.15) is 29.7 Å². The third-order valence-electron chi connectivity index (χ3n) is 3.70. The highest BCUT2D eigenvalue weighted by atomic mass is 32.2. The second kappa shape index (κ2) is 5.10. The van der Waals surface area contributed by atoms with Gasteiger partial charge in [-0.15, -0.1) is 0 Å². The van der Waals surface area contributed by atoms with Crippen molar-refractivity contribution in [3.63, 3.8) is 0 Å². The summed E-state index contributed by atoms with van der Waals surface area (Å²) in [6.07, 6.45) is 6.39. The maximum atomic E-state index is 11.6. The molecule has 8 heteroatoms. The number of aryl methyl sites for hydroxylation is 1. The lowest BCUT2D eigenvalue weighted by atomic mass is 10.2. The summed E-state index contributed by atoms with van der Waals surface area (Å²) in [6, 6.07) is -0.191. The topological polar surface area (TPSA) is 86.9 Å². The number of rotatable bonds is 4. The summed E-state index contributed by atoms with van der Waals surface area (Å²) >= 11 is 0. The second-order valence-corrected chi connectivity index (χ2v) is 7.40. The van der Waals surface area contributed by atoms with E-state index in [-0.39, 0.29) is 17.5 Å². The van der Waals surface area contributed by atoms with E-state index in [9.17, 15) is 13.2 Å². The van der Waals surface area contributed by atoms with Gasteiger partial charge in [-0.3, -0.25) is 14.2 Å². The largest absolute Gasteiger partial charge is 0.298 e. The van der Waals surface area contributed by atoms with Crippen LogP contribution in [0.4, 0.5) is 0 Å². The Morgan fingerprint density at radius 2 is 2.24 bits per heavy atom. The molecular formula is C13H16N4O3S. The van der Waals surface area contributed by atoms with Gasteiger partial charge in [-0.25, -0.2) is 8.42 Å². The van der Waals surface area contributed by atoms with Crippen molar-refractivity contribution in [3.8, 4) is 11.3 Å². The van der Waals surface area contributed by atoms with Gasteiger partial charge in [0, 0.05) is 24.5 Å². The van der Waals surface area contributed by atoms with E-state index in [4.69, 9.17) is 0 Å². The fourth-order valence-corrected chi connectivity index (χ4v) is 4.25. The van der Waals surface area contributed by atoms with Gasteiger partial charge in [0.2, 0.25) is 0 Å². The molecule has 0 N–H and O–H groups in total. The van der Waals surface area contributed by atoms with Gasteiger partial charge >= 0.3 is 0 Å². The molecule has 1 aliphatic heterocycles. The van der Waals surface area contributed by atoms with Crippen molar-refractivity contribution in [3.05, 3.63) is 24.2 Å². The van der Waals surface area contributed by atoms with E-state index in [1.807, 2.05) is 13.1 Å². The van der Waals surface area contributed by atoms with Gasteiger partial charge < -0.3 is 0 Å². The van der Waals surface area contributed by atoms with E-state index in [0.717, 1.165) is 18.4 Å². The standard InChI is InChI=1S/C13H16N4O3S/c1-2-16-6-10(5-14-16)13-11(8-18)7-17(15-13)12-3-4-21(19,20)9-12/h5-8,12H,2-4,9H2,1H3. The second-order valence-electron chi connectivity index (χ2n) is 5.17. The summed E-state index contributed by atoms with van der Waals surface area (Å²) in [5, 5.41) is 8.59. The van der Waals surface area contributed by atoms with Crippen molar-refractivity contribution in [2.75, 3.05) is 11.5 Å². The van der Waals surface area contributed by atoms with E-state index < -0.39 is 9.84 Å². The third-order valence-corrected chi connectivity index (χ3v) is 5.45. The molecule has 0 bridgehead atoms. The number of nitrogens with zero attached hydrogens (tertiary/aromatic N) is 4. The van der Waals surface area contributed by atoms with Gasteiger partial charge in [-0.2, -0.15) is 10.2 Å². The zero-order chi connectivity index (χ0) is 15.0. The Hall–Kier alpha value is -1.96. The van der Waals surface area contributed by atoms with Gasteiger partial charge in [-0.1, -0.05) is 0 Å². The van der Waals surface area contributed by atoms with Crippen LogP contribution in [0.15, 0.2) is 18.6 Å². The van der Waals surface area contributed by atoms with Crippen LogP contribution < -0.4 is 0 Å². The van der Waals surface area contributed by atoms with E-state index >= 15 is 0 Å². The first-order valence-electron chi connectivity index (χ1n) is 6.80. The predicted octanol–water partition coefficient (Wildman–Crippen LogP) is 0.939. The van der Waals surface area contributed by atoms with E-state index in [2.05, 4.69) is 10.2 Å². The SMILES string of the molecule is CCn1cc(-c2nn(C3CCS(=O)(=O)C3)cc2C=O)cn1. The van der Waals surface area contributed by atoms with E-state index in [0.29, 0.717) is 17.7 Å². The van der Waals surface area contributed by atoms with Crippen LogP contribution in [-0.2, 0) is 16.4 Å². The molecule has 112 valence electrons. The molecule has 0 saturated carbocycles. The van der Waals surface area contributed by atoms with Gasteiger partial charge in [0.1, 0.15) is 5.69 Å². The summed E-state index contributed by atoms with van der Waals surface area (Å²) in [6.45, 7) is 2.71. The lowest BCUT2D eigenvalue weighted by molar-refractivity contribution is 0.112. The van der Waals surface area contributed by atoms with Crippen molar-refractivity contribution in [1.29, 1.82) is 0 Å². The Morgan fingerprint density at radius 1 is 1.43 bits per heavy atom. The smallest absolute Gasteiger partial charge is 0.153 e. The molecule has 0 aliphatic carbocycles. The minimum absolute atomic E-state index is 0.0840. The van der Waals surface area contributed by atoms with Crippen molar-refractivity contribution < 1.29 is 13.2 Å². The molecule has 0 spiro atoms. The van der Waals surface area contributed by atoms with Crippen molar-refractivity contribution in [2.45, 2.75) is 25.9 Å². The van der Waals surface area contributed by atoms with E-state index in [1.165, 1.54) is 0 Å². The number of carbonyl (C=O) groups excluding carboxylic acids is 1. The number of carbonyl (C=O) groups is 1. The fourth-order valence-electron chi connectivity index (χ4n) is 2.55. The molecule has 1 aliphatic rings. The average Bonchev–Trinajstić information content (AvgIpc) is 3.14. The number of sulfone groups is 1. The number of hydrogen-bond acceptors (Lipinski definition) is 5. The minimum Gasteiger partial charge on any atom is -0.298 e. The first-order chi connectivity index (χ1) is 10.0. The number of aldehydes is 1. The monoisotopic (exact) mass is 308 g/mol. The molecule has 0 aromatic carbocycles. The lowest BCUT2D eigenvalue weighted by Gasteiger charge is -2.07. The van der Waals surface area contributed by atoms with Gasteiger partial charge in [-0.05, 0) is 13.3 Å². The fraction of sp³-hybridized carbons (Fsp3) is 0.462. The molecule has 3 heterocycles. The Kier molecular flexibility index (Phi) is 3.40. The van der Waals surface area contributed by atoms with Gasteiger partial charge in [0.25, 0.3) is 0 Å². The Morgan fingerprint density at radius 3 is 2.81 bits per heavy atom. The highest BCUT2D eigenvalue weighted by Gasteiger charge is 2.30. The molecule has 1 atom stereocenters. The molecule has 3 rings (SSSR count). The summed E-state index contributed by atoms with van der Waals surface area (Å²) in [4.78, 5) is 11.2. The Labute approximate surface area is 122 Å². The molecule has 0 amide bonds. The Bertz CT molecular complexity index is 775. The number of hydrogen-bond donors (Lipinski definition) is 0. The Balaban J connectivity index is 1.97. The van der Waals surface area contributed by atoms with Crippen molar-refractivity contribution >= 4 is 16.1 Å². The average molecular weight is 308 g/mol. The zero-order valence-corrected chi connectivity index (χ0v) is 12.5. The van der Waals surface area contributed by atoms with E-state index in [1.54, 1.807) is 21.8 Å². The summed E-state index contributed by atoms with van der Waals surface area (Å²) in [5.74, 6) is 0.262. The number of aromatic nitrogens is 4. The van der Waals surface area contributed by atoms with Gasteiger partial charge in [0.15, 0.2) is 16.1 Å². The van der Waals surface area contributed by atoms with Crippen molar-refractivity contribution in [2.24, 2.45) is 0 Å². The quantitative estimate of drug-likeness (QED) is 0.784. The van der Waals surface area contributed by atoms with Crippen LogP contribution in [0.2, 0.25) is 0 Å². The van der Waals surface area contributed by atoms with Crippen LogP contribution in [-0.4, -0.2) is 45.8 Å². The predicted molar refractivity (Wildman–Crippen MR) is 76.8 cm³/mol. The molecule has 7 nitrogen and oxygen atoms in total. The van der Waals surface area contributed by atoms with Crippen molar-refractivity contribution in [1.82, 2.24) is 19.6 Å².